The molecule has 4 heteroatoms. The number of nitrogens with zero attached hydrogens (tertiary/aromatic N) is 1. The molecule has 0 saturated carbocycles. The highest BCUT2D eigenvalue weighted by atomic mass is 32.2. The highest BCUT2D eigenvalue weighted by molar-refractivity contribution is 8.05. The van der Waals surface area contributed by atoms with E-state index in [-0.39, 0.29) is 18.2 Å². The summed E-state index contributed by atoms with van der Waals surface area (Å²) in [5, 5.41) is 16.8. The van der Waals surface area contributed by atoms with Crippen molar-refractivity contribution in [2.24, 2.45) is 0 Å². The normalized spacial score (nSPS) is 18.0. The predicted molar refractivity (Wildman–Crippen MR) is 89.9 cm³/mol. The SMILES string of the molecule is C=CSC1=C(C#N)C(c2cccc3ccccc23)CC(=O)N1. The highest BCUT2D eigenvalue weighted by Crippen LogP contribution is 2.38. The lowest BCUT2D eigenvalue weighted by Crippen LogP contribution is -2.30. The van der Waals surface area contributed by atoms with Crippen LogP contribution in [0, 0.1) is 11.3 Å². The Bertz CT molecular complexity index is 827. The van der Waals surface area contributed by atoms with Gasteiger partial charge in [0.1, 0.15) is 0 Å². The van der Waals surface area contributed by atoms with Crippen LogP contribution in [0.4, 0.5) is 0 Å². The first-order chi connectivity index (χ1) is 10.7. The van der Waals surface area contributed by atoms with Gasteiger partial charge in [0.05, 0.1) is 16.7 Å². The molecular formula is C18H14N2OS. The molecule has 0 bridgehead atoms. The molecule has 3 nitrogen and oxygen atoms in total. The third-order valence-electron chi connectivity index (χ3n) is 3.76. The summed E-state index contributed by atoms with van der Waals surface area (Å²) in [5.41, 5.74) is 1.62. The number of fused-ring (bicyclic) bond motifs is 1. The number of nitrogens with one attached hydrogen (secondary N) is 1. The molecular weight excluding hydrogens is 292 g/mol. The van der Waals surface area contributed by atoms with Crippen LogP contribution in [0.5, 0.6) is 0 Å². The summed E-state index contributed by atoms with van der Waals surface area (Å²) in [6, 6.07) is 16.3. The molecule has 0 spiro atoms. The van der Waals surface area contributed by atoms with Crippen molar-refractivity contribution in [3.8, 4) is 6.07 Å². The first-order valence-corrected chi connectivity index (χ1v) is 7.82. The van der Waals surface area contributed by atoms with Crippen molar-refractivity contribution < 1.29 is 4.79 Å². The largest absolute Gasteiger partial charge is 0.320 e. The monoisotopic (exact) mass is 306 g/mol. The van der Waals surface area contributed by atoms with Crippen molar-refractivity contribution in [2.45, 2.75) is 12.3 Å². The summed E-state index contributed by atoms with van der Waals surface area (Å²) in [7, 11) is 0. The molecule has 2 aromatic rings. The first-order valence-electron chi connectivity index (χ1n) is 6.94. The van der Waals surface area contributed by atoms with Crippen LogP contribution in [0.15, 0.2) is 65.1 Å². The smallest absolute Gasteiger partial charge is 0.225 e. The van der Waals surface area contributed by atoms with Gasteiger partial charge in [0.25, 0.3) is 0 Å². The summed E-state index contributed by atoms with van der Waals surface area (Å²) in [6.07, 6.45) is 0.290. The maximum Gasteiger partial charge on any atom is 0.225 e. The topological polar surface area (TPSA) is 52.9 Å². The third-order valence-corrected chi connectivity index (χ3v) is 4.48. The van der Waals surface area contributed by atoms with Gasteiger partial charge in [-0.3, -0.25) is 4.79 Å². The van der Waals surface area contributed by atoms with Crippen LogP contribution in [0.1, 0.15) is 17.9 Å². The lowest BCUT2D eigenvalue weighted by atomic mass is 9.84. The van der Waals surface area contributed by atoms with E-state index < -0.39 is 0 Å². The Labute approximate surface area is 133 Å². The Morgan fingerprint density at radius 3 is 2.82 bits per heavy atom. The zero-order valence-corrected chi connectivity index (χ0v) is 12.7. The van der Waals surface area contributed by atoms with E-state index in [2.05, 4.69) is 18.0 Å². The number of carbonyl (C=O) groups excluding carboxylic acids is 1. The average molecular weight is 306 g/mol. The zero-order chi connectivity index (χ0) is 15.5. The minimum Gasteiger partial charge on any atom is -0.320 e. The molecule has 3 rings (SSSR count). The van der Waals surface area contributed by atoms with E-state index in [9.17, 15) is 10.1 Å². The maximum atomic E-state index is 12.0. The number of amides is 1. The Morgan fingerprint density at radius 2 is 2.05 bits per heavy atom. The number of nitriles is 1. The van der Waals surface area contributed by atoms with Crippen LogP contribution >= 0.6 is 11.8 Å². The lowest BCUT2D eigenvalue weighted by Gasteiger charge is -2.25. The molecule has 1 heterocycles. The van der Waals surface area contributed by atoms with Gasteiger partial charge in [-0.05, 0) is 21.7 Å². The quantitative estimate of drug-likeness (QED) is 0.930. The highest BCUT2D eigenvalue weighted by Gasteiger charge is 2.30. The second kappa shape index (κ2) is 6.08. The first kappa shape index (κ1) is 14.4. The number of carbonyl (C=O) groups is 1. The molecule has 0 fully saturated rings. The second-order valence-electron chi connectivity index (χ2n) is 5.01. The molecule has 22 heavy (non-hydrogen) atoms. The van der Waals surface area contributed by atoms with E-state index in [1.54, 1.807) is 5.41 Å². The average Bonchev–Trinajstić information content (AvgIpc) is 2.54. The van der Waals surface area contributed by atoms with E-state index in [0.717, 1.165) is 16.3 Å². The summed E-state index contributed by atoms with van der Waals surface area (Å²) in [6.45, 7) is 3.66. The van der Waals surface area contributed by atoms with Crippen LogP contribution in [0.25, 0.3) is 10.8 Å². The maximum absolute atomic E-state index is 12.0. The van der Waals surface area contributed by atoms with Gasteiger partial charge in [0.15, 0.2) is 0 Å². The van der Waals surface area contributed by atoms with Crippen LogP contribution < -0.4 is 5.32 Å². The molecule has 1 aliphatic rings. The standard InChI is InChI=1S/C18H14N2OS/c1-2-22-18-16(11-19)15(10-17(21)20-18)14-9-5-7-12-6-3-4-8-13(12)14/h2-9,15H,1,10H2,(H,20,21). The third kappa shape index (κ3) is 2.51. The molecule has 0 radical (unpaired) electrons. The Morgan fingerprint density at radius 1 is 1.27 bits per heavy atom. The number of hydrogen-bond donors (Lipinski definition) is 1. The van der Waals surface area contributed by atoms with Gasteiger partial charge in [-0.15, -0.1) is 0 Å². The van der Waals surface area contributed by atoms with Gasteiger partial charge >= 0.3 is 0 Å². The number of allylic oxidation sites excluding steroid dienone is 1. The fraction of sp³-hybridized carbons (Fsp3) is 0.111. The summed E-state index contributed by atoms with van der Waals surface area (Å²) in [4.78, 5) is 12.0. The van der Waals surface area contributed by atoms with Gasteiger partial charge in [-0.1, -0.05) is 60.8 Å². The number of hydrogen-bond acceptors (Lipinski definition) is 3. The number of benzene rings is 2. The van der Waals surface area contributed by atoms with Crippen LogP contribution in [-0.2, 0) is 4.79 Å². The van der Waals surface area contributed by atoms with Gasteiger partial charge in [-0.2, -0.15) is 5.26 Å². The lowest BCUT2D eigenvalue weighted by molar-refractivity contribution is -0.120. The zero-order valence-electron chi connectivity index (χ0n) is 11.9. The van der Waals surface area contributed by atoms with Crippen molar-refractivity contribution in [1.82, 2.24) is 5.32 Å². The van der Waals surface area contributed by atoms with E-state index in [0.29, 0.717) is 10.6 Å². The summed E-state index contributed by atoms with van der Waals surface area (Å²) < 4.78 is 0. The van der Waals surface area contributed by atoms with Crippen molar-refractivity contribution in [1.29, 1.82) is 5.26 Å². The molecule has 1 aliphatic heterocycles. The van der Waals surface area contributed by atoms with Gasteiger partial charge in [0.2, 0.25) is 5.91 Å². The molecule has 108 valence electrons. The molecule has 0 aliphatic carbocycles. The molecule has 0 aromatic heterocycles. The van der Waals surface area contributed by atoms with Crippen molar-refractivity contribution >= 4 is 28.4 Å². The van der Waals surface area contributed by atoms with E-state index >= 15 is 0 Å². The van der Waals surface area contributed by atoms with Gasteiger partial charge in [-0.25, -0.2) is 0 Å². The Kier molecular flexibility index (Phi) is 3.99. The van der Waals surface area contributed by atoms with Gasteiger partial charge < -0.3 is 5.32 Å². The van der Waals surface area contributed by atoms with Crippen LogP contribution in [0.2, 0.25) is 0 Å². The van der Waals surface area contributed by atoms with E-state index in [4.69, 9.17) is 0 Å². The summed E-state index contributed by atoms with van der Waals surface area (Å²) in [5.74, 6) is -0.284. The Hall–Kier alpha value is -2.51. The molecule has 1 unspecified atom stereocenters. The molecule has 1 atom stereocenters. The summed E-state index contributed by atoms with van der Waals surface area (Å²) >= 11 is 1.28. The van der Waals surface area contributed by atoms with Gasteiger partial charge in [0, 0.05) is 12.3 Å². The molecule has 1 amide bonds. The van der Waals surface area contributed by atoms with E-state index in [1.807, 2.05) is 42.5 Å². The van der Waals surface area contributed by atoms with Crippen LogP contribution in [0.3, 0.4) is 0 Å². The fourth-order valence-corrected chi connectivity index (χ4v) is 3.47. The van der Waals surface area contributed by atoms with Crippen molar-refractivity contribution in [3.05, 3.63) is 70.6 Å². The van der Waals surface area contributed by atoms with Crippen molar-refractivity contribution in [3.63, 3.8) is 0 Å². The second-order valence-corrected chi connectivity index (χ2v) is 5.99. The molecule has 1 N–H and O–H groups in total. The number of rotatable bonds is 3. The predicted octanol–water partition coefficient (Wildman–Crippen LogP) is 4.06. The minimum absolute atomic E-state index is 0.0683. The minimum atomic E-state index is -0.215. The number of thioether (sulfide) groups is 1. The Balaban J connectivity index is 2.20. The van der Waals surface area contributed by atoms with Crippen molar-refractivity contribution in [2.75, 3.05) is 0 Å². The van der Waals surface area contributed by atoms with Crippen LogP contribution in [-0.4, -0.2) is 5.91 Å². The fourth-order valence-electron chi connectivity index (χ4n) is 2.82. The molecule has 0 saturated heterocycles. The van der Waals surface area contributed by atoms with E-state index in [1.165, 1.54) is 11.8 Å². The molecule has 2 aromatic carbocycles.